The highest BCUT2D eigenvalue weighted by Crippen LogP contribution is 2.58. The van der Waals surface area contributed by atoms with Crippen LogP contribution in [0.2, 0.25) is 0 Å². The van der Waals surface area contributed by atoms with E-state index in [-0.39, 0.29) is 23.2 Å². The Balaban J connectivity index is 1.82. The molecule has 2 aliphatic rings. The van der Waals surface area contributed by atoms with Gasteiger partial charge in [0.05, 0.1) is 13.2 Å². The molecule has 138 valence electrons. The number of nitrogens with zero attached hydrogens (tertiary/aromatic N) is 1. The van der Waals surface area contributed by atoms with Crippen molar-refractivity contribution in [1.29, 1.82) is 0 Å². The second-order valence-electron chi connectivity index (χ2n) is 7.68. The topological polar surface area (TPSA) is 45.3 Å². The fraction of sp³-hybridized carbons (Fsp3) is 0.318. The maximum atomic E-state index is 14.0. The first kappa shape index (κ1) is 16.4. The number of benzene rings is 2. The number of methoxy groups -OCH3 is 1. The standard InChI is InChI=1S/C22H21FN2O2/c1-13(26)25-12-22(9-10-22)19-18-16(7-4-8-17(18)27-2)24-20(19)21(25)14-5-3-6-15(23)11-14/h3-8,11,21,24H,9-10,12H2,1-2H3. The van der Waals surface area contributed by atoms with Crippen LogP contribution in [0.1, 0.15) is 42.6 Å². The molecule has 2 aromatic carbocycles. The van der Waals surface area contributed by atoms with Crippen molar-refractivity contribution in [2.75, 3.05) is 13.7 Å². The Morgan fingerprint density at radius 1 is 1.26 bits per heavy atom. The molecule has 5 heteroatoms. The Bertz CT molecular complexity index is 1070. The van der Waals surface area contributed by atoms with E-state index in [0.717, 1.165) is 40.8 Å². The second kappa shape index (κ2) is 5.59. The smallest absolute Gasteiger partial charge is 0.220 e. The molecule has 1 N–H and O–H groups in total. The van der Waals surface area contributed by atoms with Crippen LogP contribution in [-0.4, -0.2) is 29.4 Å². The van der Waals surface area contributed by atoms with Gasteiger partial charge in [-0.1, -0.05) is 18.2 Å². The number of ether oxygens (including phenoxy) is 1. The van der Waals surface area contributed by atoms with Crippen molar-refractivity contribution < 1.29 is 13.9 Å². The van der Waals surface area contributed by atoms with Gasteiger partial charge in [-0.05, 0) is 48.2 Å². The number of rotatable bonds is 2. The number of nitrogens with one attached hydrogen (secondary N) is 1. The van der Waals surface area contributed by atoms with Gasteiger partial charge >= 0.3 is 0 Å². The van der Waals surface area contributed by atoms with Crippen LogP contribution >= 0.6 is 0 Å². The molecule has 1 amide bonds. The summed E-state index contributed by atoms with van der Waals surface area (Å²) in [6, 6.07) is 12.2. The summed E-state index contributed by atoms with van der Waals surface area (Å²) in [6.07, 6.45) is 2.09. The largest absolute Gasteiger partial charge is 0.496 e. The summed E-state index contributed by atoms with van der Waals surface area (Å²) in [5, 5.41) is 1.09. The highest BCUT2D eigenvalue weighted by Gasteiger charge is 2.54. The Morgan fingerprint density at radius 3 is 2.70 bits per heavy atom. The minimum atomic E-state index is -0.323. The van der Waals surface area contributed by atoms with E-state index >= 15 is 0 Å². The van der Waals surface area contributed by atoms with Crippen LogP contribution < -0.4 is 4.74 Å². The summed E-state index contributed by atoms with van der Waals surface area (Å²) in [5.41, 5.74) is 3.98. The van der Waals surface area contributed by atoms with Crippen LogP contribution in [0, 0.1) is 5.82 Å². The normalized spacial score (nSPS) is 20.0. The van der Waals surface area contributed by atoms with Gasteiger partial charge in [-0.25, -0.2) is 4.39 Å². The van der Waals surface area contributed by atoms with Crippen LogP contribution in [0.5, 0.6) is 5.75 Å². The predicted molar refractivity (Wildman–Crippen MR) is 101 cm³/mol. The summed E-state index contributed by atoms with van der Waals surface area (Å²) in [5.74, 6) is 0.551. The lowest BCUT2D eigenvalue weighted by atomic mass is 9.83. The highest BCUT2D eigenvalue weighted by atomic mass is 19.1. The molecule has 0 radical (unpaired) electrons. The van der Waals surface area contributed by atoms with Crippen LogP contribution in [-0.2, 0) is 10.2 Å². The average Bonchev–Trinajstić information content (AvgIpc) is 3.30. The van der Waals surface area contributed by atoms with E-state index < -0.39 is 0 Å². The van der Waals surface area contributed by atoms with Crippen molar-refractivity contribution in [3.63, 3.8) is 0 Å². The number of fused-ring (bicyclic) bond motifs is 4. The molecule has 1 aromatic heterocycles. The second-order valence-corrected chi connectivity index (χ2v) is 7.68. The van der Waals surface area contributed by atoms with Gasteiger partial charge in [-0.15, -0.1) is 0 Å². The van der Waals surface area contributed by atoms with Crippen LogP contribution in [0.3, 0.4) is 0 Å². The highest BCUT2D eigenvalue weighted by molar-refractivity contribution is 5.93. The van der Waals surface area contributed by atoms with Gasteiger partial charge in [0.2, 0.25) is 5.91 Å². The number of aromatic amines is 1. The first-order valence-corrected chi connectivity index (χ1v) is 9.26. The quantitative estimate of drug-likeness (QED) is 0.737. The summed E-state index contributed by atoms with van der Waals surface area (Å²) in [6.45, 7) is 2.25. The van der Waals surface area contributed by atoms with Crippen molar-refractivity contribution in [1.82, 2.24) is 9.88 Å². The van der Waals surface area contributed by atoms with Crippen molar-refractivity contribution in [2.24, 2.45) is 0 Å². The van der Waals surface area contributed by atoms with Gasteiger partial charge < -0.3 is 14.6 Å². The molecule has 1 aliphatic carbocycles. The van der Waals surface area contributed by atoms with Crippen molar-refractivity contribution >= 4 is 16.8 Å². The fourth-order valence-corrected chi connectivity index (χ4v) is 4.69. The van der Waals surface area contributed by atoms with Gasteiger partial charge in [0.1, 0.15) is 11.6 Å². The molecule has 27 heavy (non-hydrogen) atoms. The van der Waals surface area contributed by atoms with E-state index in [1.807, 2.05) is 29.2 Å². The molecule has 0 bridgehead atoms. The van der Waals surface area contributed by atoms with Gasteiger partial charge in [-0.2, -0.15) is 0 Å². The van der Waals surface area contributed by atoms with Crippen molar-refractivity contribution in [2.45, 2.75) is 31.2 Å². The monoisotopic (exact) mass is 364 g/mol. The van der Waals surface area contributed by atoms with E-state index in [1.165, 1.54) is 17.7 Å². The van der Waals surface area contributed by atoms with E-state index in [4.69, 9.17) is 4.74 Å². The Hall–Kier alpha value is -2.82. The third-order valence-electron chi connectivity index (χ3n) is 6.05. The van der Waals surface area contributed by atoms with E-state index in [9.17, 15) is 9.18 Å². The number of carbonyl (C=O) groups is 1. The summed E-state index contributed by atoms with van der Waals surface area (Å²) < 4.78 is 19.6. The molecule has 0 saturated heterocycles. The summed E-state index contributed by atoms with van der Waals surface area (Å²) in [7, 11) is 1.68. The minimum Gasteiger partial charge on any atom is -0.496 e. The number of aromatic nitrogens is 1. The number of carbonyl (C=O) groups excluding carboxylic acids is 1. The zero-order valence-corrected chi connectivity index (χ0v) is 15.4. The minimum absolute atomic E-state index is 0.00630. The number of hydrogen-bond donors (Lipinski definition) is 1. The molecule has 2 heterocycles. The Labute approximate surface area is 156 Å². The lowest BCUT2D eigenvalue weighted by Gasteiger charge is -2.40. The van der Waals surface area contributed by atoms with E-state index in [0.29, 0.717) is 6.54 Å². The molecule has 4 nitrogen and oxygen atoms in total. The number of H-pyrrole nitrogens is 1. The zero-order chi connectivity index (χ0) is 18.8. The molecular formula is C22H21FN2O2. The number of halogens is 1. The molecule has 3 aromatic rings. The van der Waals surface area contributed by atoms with Crippen molar-refractivity contribution in [3.8, 4) is 5.75 Å². The van der Waals surface area contributed by atoms with E-state index in [1.54, 1.807) is 20.1 Å². The molecule has 1 fully saturated rings. The Kier molecular flexibility index (Phi) is 3.39. The first-order chi connectivity index (χ1) is 13.0. The molecule has 1 aliphatic heterocycles. The van der Waals surface area contributed by atoms with Gasteiger partial charge in [0.25, 0.3) is 0 Å². The maximum absolute atomic E-state index is 14.0. The van der Waals surface area contributed by atoms with E-state index in [2.05, 4.69) is 4.98 Å². The fourth-order valence-electron chi connectivity index (χ4n) is 4.69. The van der Waals surface area contributed by atoms with Crippen LogP contribution in [0.25, 0.3) is 10.9 Å². The zero-order valence-electron chi connectivity index (χ0n) is 15.4. The average molecular weight is 364 g/mol. The van der Waals surface area contributed by atoms with Gasteiger partial charge in [0, 0.05) is 35.5 Å². The third kappa shape index (κ3) is 2.30. The maximum Gasteiger partial charge on any atom is 0.220 e. The molecule has 1 saturated carbocycles. The predicted octanol–water partition coefficient (Wildman–Crippen LogP) is 4.30. The van der Waals surface area contributed by atoms with Gasteiger partial charge in [-0.3, -0.25) is 4.79 Å². The van der Waals surface area contributed by atoms with Crippen LogP contribution in [0.4, 0.5) is 4.39 Å². The number of amides is 1. The molecular weight excluding hydrogens is 343 g/mol. The number of hydrogen-bond acceptors (Lipinski definition) is 2. The lowest BCUT2D eigenvalue weighted by molar-refractivity contribution is -0.131. The molecule has 5 rings (SSSR count). The summed E-state index contributed by atoms with van der Waals surface area (Å²) in [4.78, 5) is 17.9. The first-order valence-electron chi connectivity index (χ1n) is 9.26. The SMILES string of the molecule is COc1cccc2[nH]c3c(c12)C1(CC1)CN(C(C)=O)C3c1cccc(F)c1. The molecule has 1 atom stereocenters. The lowest BCUT2D eigenvalue weighted by Crippen LogP contribution is -2.44. The van der Waals surface area contributed by atoms with Gasteiger partial charge in [0.15, 0.2) is 0 Å². The Morgan fingerprint density at radius 2 is 2.04 bits per heavy atom. The summed E-state index contributed by atoms with van der Waals surface area (Å²) >= 11 is 0. The molecule has 1 spiro atoms. The van der Waals surface area contributed by atoms with Crippen molar-refractivity contribution in [3.05, 3.63) is 65.1 Å². The van der Waals surface area contributed by atoms with Crippen LogP contribution in [0.15, 0.2) is 42.5 Å². The molecule has 1 unspecified atom stereocenters. The third-order valence-corrected chi connectivity index (χ3v) is 6.05.